The van der Waals surface area contributed by atoms with E-state index in [0.717, 1.165) is 5.56 Å². The molecule has 0 aromatic heterocycles. The van der Waals surface area contributed by atoms with Crippen LogP contribution in [-0.4, -0.2) is 42.3 Å². The van der Waals surface area contributed by atoms with E-state index >= 15 is 0 Å². The van der Waals surface area contributed by atoms with Gasteiger partial charge in [-0.3, -0.25) is 14.4 Å². The molecule has 6 heteroatoms. The first-order valence-electron chi connectivity index (χ1n) is 6.84. The number of nitrogens with zero attached hydrogens (tertiary/aromatic N) is 1. The molecule has 3 amide bonds. The van der Waals surface area contributed by atoms with Crippen LogP contribution in [0.3, 0.4) is 0 Å². The number of hydrogen-bond donors (Lipinski definition) is 2. The molecule has 112 valence electrons. The zero-order chi connectivity index (χ0) is 15.6. The fourth-order valence-corrected chi connectivity index (χ4v) is 2.22. The molecule has 1 aliphatic heterocycles. The molecular weight excluding hydrogens is 270 g/mol. The fraction of sp³-hybridized carbons (Fsp3) is 0.400. The van der Waals surface area contributed by atoms with Crippen molar-refractivity contribution in [1.82, 2.24) is 10.2 Å². The van der Waals surface area contributed by atoms with Crippen molar-refractivity contribution in [2.24, 2.45) is 0 Å². The third-order valence-corrected chi connectivity index (χ3v) is 3.16. The van der Waals surface area contributed by atoms with Crippen LogP contribution >= 0.6 is 0 Å². The number of fused-ring (bicyclic) bond motifs is 1. The van der Waals surface area contributed by atoms with Crippen LogP contribution in [0.15, 0.2) is 18.2 Å². The van der Waals surface area contributed by atoms with Crippen LogP contribution in [0.1, 0.15) is 29.8 Å². The van der Waals surface area contributed by atoms with Crippen molar-refractivity contribution in [2.75, 3.05) is 18.9 Å². The SMILES string of the molecule is CC(C)NC(=O)CN(C)C(=O)c1ccc2c(c1)NC(=O)C2. The van der Waals surface area contributed by atoms with E-state index in [1.807, 2.05) is 13.8 Å². The van der Waals surface area contributed by atoms with Gasteiger partial charge in [-0.25, -0.2) is 0 Å². The minimum absolute atomic E-state index is 0.000454. The Bertz CT molecular complexity index is 596. The lowest BCUT2D eigenvalue weighted by Crippen LogP contribution is -2.40. The first-order valence-corrected chi connectivity index (χ1v) is 6.84. The molecule has 6 nitrogen and oxygen atoms in total. The highest BCUT2D eigenvalue weighted by atomic mass is 16.2. The Labute approximate surface area is 123 Å². The number of benzene rings is 1. The summed E-state index contributed by atoms with van der Waals surface area (Å²) < 4.78 is 0. The maximum atomic E-state index is 12.3. The van der Waals surface area contributed by atoms with Crippen LogP contribution in [0.5, 0.6) is 0 Å². The van der Waals surface area contributed by atoms with E-state index in [-0.39, 0.29) is 30.3 Å². The molecule has 0 fully saturated rings. The standard InChI is InChI=1S/C15H19N3O3/c1-9(2)16-14(20)8-18(3)15(21)11-5-4-10-7-13(19)17-12(10)6-11/h4-6,9H,7-8H2,1-3H3,(H,16,20)(H,17,19). The zero-order valence-electron chi connectivity index (χ0n) is 12.4. The van der Waals surface area contributed by atoms with Gasteiger partial charge in [0.15, 0.2) is 0 Å². The minimum Gasteiger partial charge on any atom is -0.352 e. The molecule has 2 rings (SSSR count). The average molecular weight is 289 g/mol. The highest BCUT2D eigenvalue weighted by Crippen LogP contribution is 2.24. The number of hydrogen-bond acceptors (Lipinski definition) is 3. The second-order valence-electron chi connectivity index (χ2n) is 5.48. The molecule has 1 heterocycles. The van der Waals surface area contributed by atoms with E-state index in [0.29, 0.717) is 17.7 Å². The Hall–Kier alpha value is -2.37. The summed E-state index contributed by atoms with van der Waals surface area (Å²) in [6.07, 6.45) is 0.344. The molecule has 0 unspecified atom stereocenters. The van der Waals surface area contributed by atoms with E-state index in [9.17, 15) is 14.4 Å². The number of rotatable bonds is 4. The molecule has 1 aromatic carbocycles. The number of amides is 3. The Kier molecular flexibility index (Phi) is 4.26. The summed E-state index contributed by atoms with van der Waals surface area (Å²) in [5, 5.41) is 5.45. The number of nitrogens with one attached hydrogen (secondary N) is 2. The van der Waals surface area contributed by atoms with Gasteiger partial charge in [0, 0.05) is 24.3 Å². The first kappa shape index (κ1) is 15.0. The summed E-state index contributed by atoms with van der Waals surface area (Å²) in [6.45, 7) is 3.73. The summed E-state index contributed by atoms with van der Waals surface area (Å²) >= 11 is 0. The Morgan fingerprint density at radius 1 is 1.38 bits per heavy atom. The Morgan fingerprint density at radius 2 is 2.10 bits per heavy atom. The molecule has 0 saturated heterocycles. The molecule has 0 atom stereocenters. The van der Waals surface area contributed by atoms with Gasteiger partial charge in [0.05, 0.1) is 13.0 Å². The maximum absolute atomic E-state index is 12.3. The molecule has 2 N–H and O–H groups in total. The van der Waals surface area contributed by atoms with Gasteiger partial charge in [0.25, 0.3) is 5.91 Å². The number of carbonyl (C=O) groups is 3. The highest BCUT2D eigenvalue weighted by molar-refractivity contribution is 6.02. The second-order valence-corrected chi connectivity index (χ2v) is 5.48. The first-order chi connectivity index (χ1) is 9.86. The Balaban J connectivity index is 2.05. The van der Waals surface area contributed by atoms with E-state index in [2.05, 4.69) is 10.6 Å². The summed E-state index contributed by atoms with van der Waals surface area (Å²) in [4.78, 5) is 36.6. The molecule has 0 radical (unpaired) electrons. The lowest BCUT2D eigenvalue weighted by molar-refractivity contribution is -0.122. The monoisotopic (exact) mass is 289 g/mol. The molecule has 1 aromatic rings. The quantitative estimate of drug-likeness (QED) is 0.859. The zero-order valence-corrected chi connectivity index (χ0v) is 12.4. The van der Waals surface area contributed by atoms with E-state index < -0.39 is 0 Å². The predicted octanol–water partition coefficient (Wildman–Crippen LogP) is 0.778. The van der Waals surface area contributed by atoms with Gasteiger partial charge in [-0.2, -0.15) is 0 Å². The van der Waals surface area contributed by atoms with Crippen LogP contribution in [-0.2, 0) is 16.0 Å². The van der Waals surface area contributed by atoms with Gasteiger partial charge in [0.2, 0.25) is 11.8 Å². The van der Waals surface area contributed by atoms with Gasteiger partial charge in [-0.05, 0) is 31.5 Å². The molecule has 0 aliphatic carbocycles. The lowest BCUT2D eigenvalue weighted by atomic mass is 10.1. The summed E-state index contributed by atoms with van der Waals surface area (Å²) in [7, 11) is 1.58. The van der Waals surface area contributed by atoms with E-state index in [1.165, 1.54) is 4.90 Å². The maximum Gasteiger partial charge on any atom is 0.254 e. The van der Waals surface area contributed by atoms with Crippen LogP contribution in [0.25, 0.3) is 0 Å². The third kappa shape index (κ3) is 3.59. The predicted molar refractivity (Wildman–Crippen MR) is 79.0 cm³/mol. The number of anilines is 1. The van der Waals surface area contributed by atoms with Gasteiger partial charge < -0.3 is 15.5 Å². The molecular formula is C15H19N3O3. The van der Waals surface area contributed by atoms with Crippen molar-refractivity contribution in [3.05, 3.63) is 29.3 Å². The highest BCUT2D eigenvalue weighted by Gasteiger charge is 2.21. The van der Waals surface area contributed by atoms with Gasteiger partial charge in [0.1, 0.15) is 0 Å². The van der Waals surface area contributed by atoms with Crippen molar-refractivity contribution in [3.63, 3.8) is 0 Å². The topological polar surface area (TPSA) is 78.5 Å². The van der Waals surface area contributed by atoms with Gasteiger partial charge in [-0.15, -0.1) is 0 Å². The van der Waals surface area contributed by atoms with E-state index in [1.54, 1.807) is 25.2 Å². The van der Waals surface area contributed by atoms with Crippen molar-refractivity contribution in [3.8, 4) is 0 Å². The van der Waals surface area contributed by atoms with E-state index in [4.69, 9.17) is 0 Å². The molecule has 0 saturated carbocycles. The fourth-order valence-electron chi connectivity index (χ4n) is 2.22. The van der Waals surface area contributed by atoms with Crippen LogP contribution in [0.4, 0.5) is 5.69 Å². The van der Waals surface area contributed by atoms with Crippen LogP contribution < -0.4 is 10.6 Å². The third-order valence-electron chi connectivity index (χ3n) is 3.16. The molecule has 0 bridgehead atoms. The summed E-state index contributed by atoms with van der Waals surface area (Å²) in [5.41, 5.74) is 2.01. The normalized spacial score (nSPS) is 12.9. The van der Waals surface area contributed by atoms with Crippen molar-refractivity contribution in [2.45, 2.75) is 26.3 Å². The smallest absolute Gasteiger partial charge is 0.254 e. The molecule has 0 spiro atoms. The van der Waals surface area contributed by atoms with Crippen molar-refractivity contribution >= 4 is 23.4 Å². The summed E-state index contributed by atoms with van der Waals surface area (Å²) in [6, 6.07) is 5.14. The van der Waals surface area contributed by atoms with Crippen molar-refractivity contribution < 1.29 is 14.4 Å². The second kappa shape index (κ2) is 5.95. The van der Waals surface area contributed by atoms with Crippen molar-refractivity contribution in [1.29, 1.82) is 0 Å². The minimum atomic E-state index is -0.252. The van der Waals surface area contributed by atoms with Gasteiger partial charge in [-0.1, -0.05) is 6.07 Å². The average Bonchev–Trinajstić information content (AvgIpc) is 2.75. The molecule has 21 heavy (non-hydrogen) atoms. The van der Waals surface area contributed by atoms with Gasteiger partial charge >= 0.3 is 0 Å². The Morgan fingerprint density at radius 3 is 2.76 bits per heavy atom. The lowest BCUT2D eigenvalue weighted by Gasteiger charge is -2.18. The number of likely N-dealkylation sites (N-methyl/N-ethyl adjacent to an activating group) is 1. The molecule has 1 aliphatic rings. The largest absolute Gasteiger partial charge is 0.352 e. The summed E-state index contributed by atoms with van der Waals surface area (Å²) in [5.74, 6) is -0.521. The van der Waals surface area contributed by atoms with Crippen LogP contribution in [0.2, 0.25) is 0 Å². The van der Waals surface area contributed by atoms with Crippen LogP contribution in [0, 0.1) is 0 Å². The number of carbonyl (C=O) groups excluding carboxylic acids is 3.